The Morgan fingerprint density at radius 2 is 1.85 bits per heavy atom. The van der Waals surface area contributed by atoms with Crippen LogP contribution in [0.2, 0.25) is 0 Å². The number of nitrogens with one attached hydrogen (secondary N) is 2. The van der Waals surface area contributed by atoms with E-state index in [1.165, 1.54) is 37.1 Å². The lowest BCUT2D eigenvalue weighted by atomic mass is 10.1. The molecule has 2 aliphatic rings. The third kappa shape index (κ3) is 6.50. The summed E-state index contributed by atoms with van der Waals surface area (Å²) >= 11 is 0. The highest BCUT2D eigenvalue weighted by Gasteiger charge is 2.27. The standard InChI is InChI=1S/C20H32N4O2S/c1-2-21-20(23-14-19-9-12-27(25,26)16-19)22-13-17-5-7-18(8-6-17)15-24-10-3-4-11-24/h5-8,19H,2-4,9-16H2,1H3,(H2,21,22,23). The van der Waals surface area contributed by atoms with E-state index < -0.39 is 9.84 Å². The Kier molecular flexibility index (Phi) is 7.13. The highest BCUT2D eigenvalue weighted by atomic mass is 32.2. The molecule has 0 aliphatic carbocycles. The SMILES string of the molecule is CCNC(=NCc1ccc(CN2CCCC2)cc1)NCC1CCS(=O)(=O)C1. The summed E-state index contributed by atoms with van der Waals surface area (Å²) in [6.45, 7) is 7.55. The van der Waals surface area contributed by atoms with E-state index in [-0.39, 0.29) is 11.7 Å². The van der Waals surface area contributed by atoms with Gasteiger partial charge in [-0.1, -0.05) is 24.3 Å². The molecule has 150 valence electrons. The highest BCUT2D eigenvalue weighted by molar-refractivity contribution is 7.91. The van der Waals surface area contributed by atoms with Crippen molar-refractivity contribution in [3.05, 3.63) is 35.4 Å². The molecule has 0 aromatic heterocycles. The molecule has 27 heavy (non-hydrogen) atoms. The second kappa shape index (κ2) is 9.55. The van der Waals surface area contributed by atoms with Crippen LogP contribution in [0, 0.1) is 5.92 Å². The van der Waals surface area contributed by atoms with Crippen LogP contribution in [0.3, 0.4) is 0 Å². The first kappa shape index (κ1) is 20.1. The van der Waals surface area contributed by atoms with Gasteiger partial charge in [-0.05, 0) is 56.3 Å². The Bertz CT molecular complexity index is 725. The van der Waals surface area contributed by atoms with Gasteiger partial charge in [0.05, 0.1) is 18.1 Å². The summed E-state index contributed by atoms with van der Waals surface area (Å²) in [5.74, 6) is 1.54. The zero-order valence-electron chi connectivity index (χ0n) is 16.3. The zero-order valence-corrected chi connectivity index (χ0v) is 17.1. The molecule has 0 spiro atoms. The molecule has 0 radical (unpaired) electrons. The summed E-state index contributed by atoms with van der Waals surface area (Å²) in [7, 11) is -2.83. The van der Waals surface area contributed by atoms with Crippen LogP contribution in [0.4, 0.5) is 0 Å². The minimum absolute atomic E-state index is 0.184. The largest absolute Gasteiger partial charge is 0.357 e. The van der Waals surface area contributed by atoms with E-state index in [4.69, 9.17) is 0 Å². The molecule has 7 heteroatoms. The maximum Gasteiger partial charge on any atom is 0.191 e. The van der Waals surface area contributed by atoms with Gasteiger partial charge in [0.1, 0.15) is 0 Å². The van der Waals surface area contributed by atoms with E-state index in [1.807, 2.05) is 6.92 Å². The third-order valence-electron chi connectivity index (χ3n) is 5.28. The lowest BCUT2D eigenvalue weighted by Gasteiger charge is -2.15. The molecule has 2 saturated heterocycles. The van der Waals surface area contributed by atoms with Crippen molar-refractivity contribution in [3.8, 4) is 0 Å². The predicted octanol–water partition coefficient (Wildman–Crippen LogP) is 1.77. The quantitative estimate of drug-likeness (QED) is 0.547. The first-order valence-electron chi connectivity index (χ1n) is 10.1. The van der Waals surface area contributed by atoms with Crippen LogP contribution in [0.25, 0.3) is 0 Å². The second-order valence-corrected chi connectivity index (χ2v) is 9.87. The molecule has 2 N–H and O–H groups in total. The van der Waals surface area contributed by atoms with Crippen molar-refractivity contribution in [1.82, 2.24) is 15.5 Å². The summed E-state index contributed by atoms with van der Waals surface area (Å²) in [6.07, 6.45) is 3.38. The van der Waals surface area contributed by atoms with Crippen LogP contribution in [0.5, 0.6) is 0 Å². The van der Waals surface area contributed by atoms with Gasteiger partial charge < -0.3 is 10.6 Å². The molecule has 0 amide bonds. The molecule has 1 aromatic carbocycles. The first-order chi connectivity index (χ1) is 13.0. The van der Waals surface area contributed by atoms with Crippen molar-refractivity contribution in [2.24, 2.45) is 10.9 Å². The van der Waals surface area contributed by atoms with E-state index in [9.17, 15) is 8.42 Å². The highest BCUT2D eigenvalue weighted by Crippen LogP contribution is 2.17. The molecular weight excluding hydrogens is 360 g/mol. The molecule has 1 atom stereocenters. The fourth-order valence-electron chi connectivity index (χ4n) is 3.74. The number of likely N-dealkylation sites (tertiary alicyclic amines) is 1. The Labute approximate surface area is 163 Å². The molecule has 6 nitrogen and oxygen atoms in total. The van der Waals surface area contributed by atoms with Crippen molar-refractivity contribution in [2.45, 2.75) is 39.3 Å². The van der Waals surface area contributed by atoms with E-state index in [1.54, 1.807) is 0 Å². The number of guanidine groups is 1. The van der Waals surface area contributed by atoms with Crippen LogP contribution in [-0.4, -0.2) is 57.0 Å². The third-order valence-corrected chi connectivity index (χ3v) is 7.11. The summed E-state index contributed by atoms with van der Waals surface area (Å²) in [5, 5.41) is 6.54. The molecule has 0 saturated carbocycles. The van der Waals surface area contributed by atoms with Gasteiger partial charge >= 0.3 is 0 Å². The number of benzene rings is 1. The molecule has 1 unspecified atom stereocenters. The number of nitrogens with zero attached hydrogens (tertiary/aromatic N) is 2. The second-order valence-electron chi connectivity index (χ2n) is 7.64. The van der Waals surface area contributed by atoms with E-state index in [2.05, 4.69) is 44.8 Å². The Morgan fingerprint density at radius 3 is 2.48 bits per heavy atom. The Balaban J connectivity index is 1.49. The molecular formula is C20H32N4O2S. The topological polar surface area (TPSA) is 73.8 Å². The minimum atomic E-state index is -2.83. The average Bonchev–Trinajstić information content (AvgIpc) is 3.28. The van der Waals surface area contributed by atoms with Crippen LogP contribution >= 0.6 is 0 Å². The first-order valence-corrected chi connectivity index (χ1v) is 11.9. The summed E-state index contributed by atoms with van der Waals surface area (Å²) in [4.78, 5) is 7.15. The van der Waals surface area contributed by atoms with Crippen molar-refractivity contribution >= 4 is 15.8 Å². The van der Waals surface area contributed by atoms with Gasteiger partial charge in [0.2, 0.25) is 0 Å². The zero-order chi connectivity index (χ0) is 19.1. The lowest BCUT2D eigenvalue weighted by Crippen LogP contribution is -2.40. The molecule has 2 aliphatic heterocycles. The minimum Gasteiger partial charge on any atom is -0.357 e. The molecule has 1 aromatic rings. The summed E-state index contributed by atoms with van der Waals surface area (Å²) < 4.78 is 23.2. The van der Waals surface area contributed by atoms with Crippen molar-refractivity contribution in [3.63, 3.8) is 0 Å². The predicted molar refractivity (Wildman–Crippen MR) is 111 cm³/mol. The smallest absolute Gasteiger partial charge is 0.191 e. The number of sulfone groups is 1. The number of rotatable bonds is 7. The maximum atomic E-state index is 11.6. The van der Waals surface area contributed by atoms with E-state index >= 15 is 0 Å². The van der Waals surface area contributed by atoms with E-state index in [0.717, 1.165) is 25.5 Å². The monoisotopic (exact) mass is 392 g/mol. The fraction of sp³-hybridized carbons (Fsp3) is 0.650. The number of hydrogen-bond acceptors (Lipinski definition) is 4. The van der Waals surface area contributed by atoms with Crippen molar-refractivity contribution < 1.29 is 8.42 Å². The normalized spacial score (nSPS) is 22.9. The van der Waals surface area contributed by atoms with Crippen LogP contribution < -0.4 is 10.6 Å². The summed E-state index contributed by atoms with van der Waals surface area (Å²) in [5.41, 5.74) is 2.54. The van der Waals surface area contributed by atoms with Crippen molar-refractivity contribution in [2.75, 3.05) is 37.7 Å². The van der Waals surface area contributed by atoms with Gasteiger partial charge in [0.15, 0.2) is 15.8 Å². The van der Waals surface area contributed by atoms with Gasteiger partial charge in [-0.15, -0.1) is 0 Å². The van der Waals surface area contributed by atoms with Gasteiger partial charge in [-0.25, -0.2) is 13.4 Å². The number of hydrogen-bond donors (Lipinski definition) is 2. The fourth-order valence-corrected chi connectivity index (χ4v) is 5.60. The van der Waals surface area contributed by atoms with Crippen LogP contribution in [-0.2, 0) is 22.9 Å². The lowest BCUT2D eigenvalue weighted by molar-refractivity contribution is 0.331. The van der Waals surface area contributed by atoms with E-state index in [0.29, 0.717) is 18.8 Å². The molecule has 2 fully saturated rings. The van der Waals surface area contributed by atoms with Crippen molar-refractivity contribution in [1.29, 1.82) is 0 Å². The maximum absolute atomic E-state index is 11.6. The van der Waals surface area contributed by atoms with Crippen LogP contribution in [0.15, 0.2) is 29.3 Å². The van der Waals surface area contributed by atoms with Gasteiger partial charge in [-0.3, -0.25) is 4.90 Å². The Morgan fingerprint density at radius 1 is 1.15 bits per heavy atom. The molecule has 0 bridgehead atoms. The van der Waals surface area contributed by atoms with Gasteiger partial charge in [0.25, 0.3) is 0 Å². The van der Waals surface area contributed by atoms with Gasteiger partial charge in [0, 0.05) is 19.6 Å². The molecule has 2 heterocycles. The summed E-state index contributed by atoms with van der Waals surface area (Å²) in [6, 6.07) is 8.71. The number of aliphatic imine (C=N–C) groups is 1. The average molecular weight is 393 g/mol. The van der Waals surface area contributed by atoms with Gasteiger partial charge in [-0.2, -0.15) is 0 Å². The molecule has 3 rings (SSSR count). The Hall–Kier alpha value is -1.60. The van der Waals surface area contributed by atoms with Crippen LogP contribution in [0.1, 0.15) is 37.3 Å².